The van der Waals surface area contributed by atoms with Crippen molar-refractivity contribution in [2.45, 2.75) is 31.7 Å². The van der Waals surface area contributed by atoms with E-state index in [0.29, 0.717) is 12.1 Å². The van der Waals surface area contributed by atoms with Gasteiger partial charge in [0.1, 0.15) is 5.82 Å². The fourth-order valence-corrected chi connectivity index (χ4v) is 4.77. The molecular weight excluding hydrogens is 417 g/mol. The molecule has 0 aliphatic carbocycles. The standard InChI is InChI=1S/C23H22FN3O3S/c24-18-8-6-16(7-9-18)14-20-22(29)27(23(30)31-20)13-10-21(28)26-12-2-1-5-19(26)17-4-3-11-25-15-17/h3-4,6-9,11,14-15,19H,1-2,5,10,12-13H2/b20-14-/t19-/m0/s1. The molecule has 31 heavy (non-hydrogen) atoms. The van der Waals surface area contributed by atoms with Crippen LogP contribution in [-0.2, 0) is 9.59 Å². The van der Waals surface area contributed by atoms with Gasteiger partial charge in [-0.3, -0.25) is 24.3 Å². The van der Waals surface area contributed by atoms with Gasteiger partial charge in [-0.05, 0) is 66.4 Å². The monoisotopic (exact) mass is 439 g/mol. The van der Waals surface area contributed by atoms with E-state index >= 15 is 0 Å². The van der Waals surface area contributed by atoms with Gasteiger partial charge in [0.15, 0.2) is 0 Å². The number of carbonyl (C=O) groups is 3. The van der Waals surface area contributed by atoms with Crippen molar-refractivity contribution in [2.75, 3.05) is 13.1 Å². The van der Waals surface area contributed by atoms with E-state index in [1.165, 1.54) is 12.1 Å². The second-order valence-corrected chi connectivity index (χ2v) is 8.51. The Morgan fingerprint density at radius 2 is 2.00 bits per heavy atom. The highest BCUT2D eigenvalue weighted by Crippen LogP contribution is 2.34. The lowest BCUT2D eigenvalue weighted by molar-refractivity contribution is -0.135. The third kappa shape index (κ3) is 4.85. The van der Waals surface area contributed by atoms with Gasteiger partial charge in [-0.2, -0.15) is 0 Å². The van der Waals surface area contributed by atoms with Gasteiger partial charge in [-0.25, -0.2) is 4.39 Å². The molecule has 0 saturated carbocycles. The molecule has 6 nitrogen and oxygen atoms in total. The number of hydrogen-bond donors (Lipinski definition) is 0. The van der Waals surface area contributed by atoms with Crippen LogP contribution in [0.3, 0.4) is 0 Å². The minimum atomic E-state index is -0.422. The molecule has 1 atom stereocenters. The fraction of sp³-hybridized carbons (Fsp3) is 0.304. The summed E-state index contributed by atoms with van der Waals surface area (Å²) in [6.07, 6.45) is 7.99. The summed E-state index contributed by atoms with van der Waals surface area (Å²) in [6, 6.07) is 9.49. The third-order valence-electron chi connectivity index (χ3n) is 5.48. The summed E-state index contributed by atoms with van der Waals surface area (Å²) in [6.45, 7) is 0.700. The van der Waals surface area contributed by atoms with Crippen molar-refractivity contribution in [3.05, 3.63) is 70.6 Å². The first-order chi connectivity index (χ1) is 15.0. The molecule has 2 aromatic rings. The highest BCUT2D eigenvalue weighted by molar-refractivity contribution is 8.18. The lowest BCUT2D eigenvalue weighted by atomic mass is 9.96. The maximum absolute atomic E-state index is 13.1. The minimum absolute atomic E-state index is 0.0248. The number of nitrogens with zero attached hydrogens (tertiary/aromatic N) is 3. The zero-order valence-electron chi connectivity index (χ0n) is 16.9. The number of benzene rings is 1. The van der Waals surface area contributed by atoms with Crippen molar-refractivity contribution in [3.8, 4) is 0 Å². The molecular formula is C23H22FN3O3S. The fourth-order valence-electron chi connectivity index (χ4n) is 3.90. The van der Waals surface area contributed by atoms with Crippen molar-refractivity contribution < 1.29 is 18.8 Å². The van der Waals surface area contributed by atoms with Crippen LogP contribution in [0, 0.1) is 5.82 Å². The number of halogens is 1. The summed E-state index contributed by atoms with van der Waals surface area (Å²) in [5.74, 6) is -0.865. The number of hydrogen-bond acceptors (Lipinski definition) is 5. The van der Waals surface area contributed by atoms with E-state index in [9.17, 15) is 18.8 Å². The van der Waals surface area contributed by atoms with Gasteiger partial charge in [0.25, 0.3) is 11.1 Å². The Bertz CT molecular complexity index is 1010. The second-order valence-electron chi connectivity index (χ2n) is 7.52. The zero-order chi connectivity index (χ0) is 21.8. The molecule has 3 heterocycles. The first-order valence-electron chi connectivity index (χ1n) is 10.2. The lowest BCUT2D eigenvalue weighted by Gasteiger charge is -2.36. The Morgan fingerprint density at radius 3 is 2.74 bits per heavy atom. The lowest BCUT2D eigenvalue weighted by Crippen LogP contribution is -2.40. The van der Waals surface area contributed by atoms with E-state index in [2.05, 4.69) is 4.98 Å². The normalized spacial score (nSPS) is 20.5. The molecule has 0 N–H and O–H groups in total. The zero-order valence-corrected chi connectivity index (χ0v) is 17.7. The van der Waals surface area contributed by atoms with E-state index in [4.69, 9.17) is 0 Å². The number of pyridine rings is 1. The largest absolute Gasteiger partial charge is 0.336 e. The summed E-state index contributed by atoms with van der Waals surface area (Å²) in [5, 5.41) is -0.395. The Kier molecular flexibility index (Phi) is 6.46. The van der Waals surface area contributed by atoms with Crippen molar-refractivity contribution in [3.63, 3.8) is 0 Å². The van der Waals surface area contributed by atoms with Gasteiger partial charge in [0.2, 0.25) is 5.91 Å². The van der Waals surface area contributed by atoms with Crippen LogP contribution in [0.5, 0.6) is 0 Å². The Balaban J connectivity index is 1.41. The molecule has 2 aliphatic heterocycles. The molecule has 0 unspecified atom stereocenters. The Labute approximate surface area is 184 Å². The summed E-state index contributed by atoms with van der Waals surface area (Å²) in [5.41, 5.74) is 1.64. The number of piperidine rings is 1. The topological polar surface area (TPSA) is 70.6 Å². The molecule has 0 radical (unpaired) electrons. The van der Waals surface area contributed by atoms with Crippen LogP contribution in [0.4, 0.5) is 9.18 Å². The van der Waals surface area contributed by atoms with E-state index in [1.807, 2.05) is 17.0 Å². The van der Waals surface area contributed by atoms with Crippen LogP contribution < -0.4 is 0 Å². The number of amides is 3. The van der Waals surface area contributed by atoms with Crippen LogP contribution in [0.2, 0.25) is 0 Å². The number of thioether (sulfide) groups is 1. The van der Waals surface area contributed by atoms with E-state index in [1.54, 1.807) is 30.6 Å². The van der Waals surface area contributed by atoms with Crippen LogP contribution in [0.15, 0.2) is 53.7 Å². The molecule has 2 aliphatic rings. The van der Waals surface area contributed by atoms with Gasteiger partial charge in [0, 0.05) is 31.9 Å². The van der Waals surface area contributed by atoms with E-state index in [0.717, 1.165) is 41.5 Å². The third-order valence-corrected chi connectivity index (χ3v) is 6.39. The molecule has 4 rings (SSSR count). The van der Waals surface area contributed by atoms with Crippen LogP contribution in [0.1, 0.15) is 42.9 Å². The molecule has 0 spiro atoms. The average Bonchev–Trinajstić information content (AvgIpc) is 3.06. The molecule has 2 fully saturated rings. The number of imide groups is 1. The quantitative estimate of drug-likeness (QED) is 0.646. The number of likely N-dealkylation sites (tertiary alicyclic amines) is 1. The van der Waals surface area contributed by atoms with Crippen LogP contribution >= 0.6 is 11.8 Å². The molecule has 0 bridgehead atoms. The summed E-state index contributed by atoms with van der Waals surface area (Å²) < 4.78 is 13.1. The van der Waals surface area contributed by atoms with Crippen LogP contribution in [0.25, 0.3) is 6.08 Å². The smallest absolute Gasteiger partial charge is 0.293 e. The average molecular weight is 440 g/mol. The maximum Gasteiger partial charge on any atom is 0.293 e. The first kappa shape index (κ1) is 21.2. The van der Waals surface area contributed by atoms with Gasteiger partial charge >= 0.3 is 0 Å². The summed E-state index contributed by atoms with van der Waals surface area (Å²) in [7, 11) is 0. The van der Waals surface area contributed by atoms with Crippen molar-refractivity contribution in [1.82, 2.24) is 14.8 Å². The highest BCUT2D eigenvalue weighted by atomic mass is 32.2. The molecule has 2 saturated heterocycles. The Morgan fingerprint density at radius 1 is 1.19 bits per heavy atom. The predicted octanol–water partition coefficient (Wildman–Crippen LogP) is 4.40. The van der Waals surface area contributed by atoms with Gasteiger partial charge in [0.05, 0.1) is 10.9 Å². The first-order valence-corrected chi connectivity index (χ1v) is 11.0. The van der Waals surface area contributed by atoms with Crippen molar-refractivity contribution >= 4 is 34.9 Å². The summed E-state index contributed by atoms with van der Waals surface area (Å²) in [4.78, 5) is 45.4. The number of aromatic nitrogens is 1. The summed E-state index contributed by atoms with van der Waals surface area (Å²) >= 11 is 0.837. The SMILES string of the molecule is O=C1S/C(=C\c2ccc(F)cc2)C(=O)N1CCC(=O)N1CCCC[C@H]1c1cccnc1. The maximum atomic E-state index is 13.1. The highest BCUT2D eigenvalue weighted by Gasteiger charge is 2.36. The Hall–Kier alpha value is -3.00. The van der Waals surface area contributed by atoms with E-state index < -0.39 is 11.1 Å². The predicted molar refractivity (Wildman–Crippen MR) is 116 cm³/mol. The molecule has 1 aromatic carbocycles. The van der Waals surface area contributed by atoms with Gasteiger partial charge < -0.3 is 4.90 Å². The van der Waals surface area contributed by atoms with Crippen molar-refractivity contribution in [2.24, 2.45) is 0 Å². The number of rotatable bonds is 5. The second kappa shape index (κ2) is 9.43. The molecule has 1 aromatic heterocycles. The molecule has 160 valence electrons. The van der Waals surface area contributed by atoms with Crippen molar-refractivity contribution in [1.29, 1.82) is 0 Å². The molecule has 8 heteroatoms. The number of carbonyl (C=O) groups excluding carboxylic acids is 3. The minimum Gasteiger partial charge on any atom is -0.336 e. The van der Waals surface area contributed by atoms with Crippen LogP contribution in [-0.4, -0.2) is 44.9 Å². The van der Waals surface area contributed by atoms with E-state index in [-0.39, 0.29) is 35.6 Å². The molecule has 3 amide bonds. The van der Waals surface area contributed by atoms with Gasteiger partial charge in [-0.15, -0.1) is 0 Å². The van der Waals surface area contributed by atoms with Gasteiger partial charge in [-0.1, -0.05) is 18.2 Å².